The van der Waals surface area contributed by atoms with Gasteiger partial charge in [0, 0.05) is 18.4 Å². The standard InChI is InChI=1S/C13H14ClFN2O2S/c14-5-3-13-16-11-7-9(15)1-2-12(11)17(13)10-4-6-20(18,19)8-10/h1-2,7,10H,3-6,8H2. The highest BCUT2D eigenvalue weighted by Crippen LogP contribution is 2.30. The lowest BCUT2D eigenvalue weighted by Gasteiger charge is -2.14. The maximum atomic E-state index is 13.3. The molecule has 4 nitrogen and oxygen atoms in total. The zero-order valence-electron chi connectivity index (χ0n) is 10.7. The second-order valence-corrected chi connectivity index (χ2v) is 7.63. The first-order valence-electron chi connectivity index (χ1n) is 6.43. The summed E-state index contributed by atoms with van der Waals surface area (Å²) >= 11 is 5.78. The SMILES string of the molecule is O=S1(=O)CCC(n2c(CCCl)nc3cc(F)ccc32)C1. The fraction of sp³-hybridized carbons (Fsp3) is 0.462. The summed E-state index contributed by atoms with van der Waals surface area (Å²) in [6, 6.07) is 4.26. The largest absolute Gasteiger partial charge is 0.324 e. The van der Waals surface area contributed by atoms with Gasteiger partial charge in [-0.1, -0.05) is 0 Å². The van der Waals surface area contributed by atoms with Crippen molar-refractivity contribution in [3.63, 3.8) is 0 Å². The first-order chi connectivity index (χ1) is 9.50. The molecule has 7 heteroatoms. The van der Waals surface area contributed by atoms with Crippen LogP contribution < -0.4 is 0 Å². The number of fused-ring (bicyclic) bond motifs is 1. The Hall–Kier alpha value is -1.14. The van der Waals surface area contributed by atoms with E-state index < -0.39 is 9.84 Å². The van der Waals surface area contributed by atoms with Crippen molar-refractivity contribution in [2.75, 3.05) is 17.4 Å². The summed E-state index contributed by atoms with van der Waals surface area (Å²) in [5.41, 5.74) is 1.32. The van der Waals surface area contributed by atoms with Crippen LogP contribution in [0.2, 0.25) is 0 Å². The number of nitrogens with zero attached hydrogens (tertiary/aromatic N) is 2. The second kappa shape index (κ2) is 5.00. The van der Waals surface area contributed by atoms with E-state index in [9.17, 15) is 12.8 Å². The number of hydrogen-bond donors (Lipinski definition) is 0. The Morgan fingerprint density at radius 3 is 2.90 bits per heavy atom. The molecule has 1 atom stereocenters. The molecule has 0 amide bonds. The van der Waals surface area contributed by atoms with Crippen LogP contribution in [-0.2, 0) is 16.3 Å². The molecule has 2 heterocycles. The van der Waals surface area contributed by atoms with Crippen molar-refractivity contribution >= 4 is 32.5 Å². The van der Waals surface area contributed by atoms with Gasteiger partial charge in [-0.2, -0.15) is 0 Å². The minimum Gasteiger partial charge on any atom is -0.324 e. The second-order valence-electron chi connectivity index (χ2n) is 5.03. The van der Waals surface area contributed by atoms with Gasteiger partial charge in [0.05, 0.1) is 28.6 Å². The predicted molar refractivity (Wildman–Crippen MR) is 76.4 cm³/mol. The molecule has 0 radical (unpaired) electrons. The van der Waals surface area contributed by atoms with Crippen LogP contribution in [0, 0.1) is 5.82 Å². The normalized spacial score (nSPS) is 21.6. The van der Waals surface area contributed by atoms with Gasteiger partial charge in [-0.15, -0.1) is 11.6 Å². The van der Waals surface area contributed by atoms with E-state index in [1.165, 1.54) is 12.1 Å². The van der Waals surface area contributed by atoms with Crippen LogP contribution in [0.3, 0.4) is 0 Å². The molecule has 1 aliphatic rings. The van der Waals surface area contributed by atoms with Gasteiger partial charge in [-0.25, -0.2) is 17.8 Å². The van der Waals surface area contributed by atoms with E-state index in [-0.39, 0.29) is 23.4 Å². The molecular formula is C13H14ClFN2O2S. The smallest absolute Gasteiger partial charge is 0.152 e. The fourth-order valence-electron chi connectivity index (χ4n) is 2.77. The van der Waals surface area contributed by atoms with Crippen molar-refractivity contribution in [1.29, 1.82) is 0 Å². The lowest BCUT2D eigenvalue weighted by Crippen LogP contribution is -2.14. The van der Waals surface area contributed by atoms with E-state index in [0.29, 0.717) is 24.2 Å². The summed E-state index contributed by atoms with van der Waals surface area (Å²) in [5.74, 6) is 1.08. The van der Waals surface area contributed by atoms with E-state index in [2.05, 4.69) is 4.98 Å². The van der Waals surface area contributed by atoms with Gasteiger partial charge in [0.15, 0.2) is 9.84 Å². The lowest BCUT2D eigenvalue weighted by molar-refractivity contribution is 0.548. The average molecular weight is 317 g/mol. The van der Waals surface area contributed by atoms with Gasteiger partial charge in [0.2, 0.25) is 0 Å². The number of aryl methyl sites for hydroxylation is 1. The van der Waals surface area contributed by atoms with Crippen molar-refractivity contribution < 1.29 is 12.8 Å². The Kier molecular flexibility index (Phi) is 3.46. The van der Waals surface area contributed by atoms with E-state index in [0.717, 1.165) is 11.3 Å². The third kappa shape index (κ3) is 2.42. The first kappa shape index (κ1) is 13.8. The molecule has 1 unspecified atom stereocenters. The summed E-state index contributed by atoms with van der Waals surface area (Å²) in [6.45, 7) is 0. The number of benzene rings is 1. The van der Waals surface area contributed by atoms with Crippen LogP contribution in [-0.4, -0.2) is 35.4 Å². The third-order valence-electron chi connectivity index (χ3n) is 3.62. The molecular weight excluding hydrogens is 303 g/mol. The van der Waals surface area contributed by atoms with Crippen molar-refractivity contribution in [2.24, 2.45) is 0 Å². The van der Waals surface area contributed by atoms with E-state index >= 15 is 0 Å². The summed E-state index contributed by atoms with van der Waals surface area (Å²) in [6.07, 6.45) is 1.11. The van der Waals surface area contributed by atoms with Gasteiger partial charge in [0.25, 0.3) is 0 Å². The van der Waals surface area contributed by atoms with Crippen LogP contribution in [0.1, 0.15) is 18.3 Å². The Morgan fingerprint density at radius 1 is 1.45 bits per heavy atom. The minimum atomic E-state index is -2.99. The molecule has 1 fully saturated rings. The Balaban J connectivity index is 2.14. The predicted octanol–water partition coefficient (Wildman–Crippen LogP) is 2.32. The molecule has 1 saturated heterocycles. The first-order valence-corrected chi connectivity index (χ1v) is 8.78. The summed E-state index contributed by atoms with van der Waals surface area (Å²) in [4.78, 5) is 4.40. The molecule has 1 aromatic heterocycles. The van der Waals surface area contributed by atoms with Crippen molar-refractivity contribution in [3.8, 4) is 0 Å². The topological polar surface area (TPSA) is 52.0 Å². The number of halogens is 2. The molecule has 0 aliphatic carbocycles. The summed E-state index contributed by atoms with van der Waals surface area (Å²) < 4.78 is 38.6. The van der Waals surface area contributed by atoms with Crippen LogP contribution >= 0.6 is 11.6 Å². The van der Waals surface area contributed by atoms with E-state index in [1.54, 1.807) is 6.07 Å². The van der Waals surface area contributed by atoms with Crippen LogP contribution in [0.25, 0.3) is 11.0 Å². The molecule has 3 rings (SSSR count). The lowest BCUT2D eigenvalue weighted by atomic mass is 10.2. The zero-order chi connectivity index (χ0) is 14.3. The molecule has 0 bridgehead atoms. The summed E-state index contributed by atoms with van der Waals surface area (Å²) in [5, 5.41) is 0. The van der Waals surface area contributed by atoms with Gasteiger partial charge in [-0.3, -0.25) is 0 Å². The van der Waals surface area contributed by atoms with E-state index in [4.69, 9.17) is 11.6 Å². The molecule has 20 heavy (non-hydrogen) atoms. The highest BCUT2D eigenvalue weighted by atomic mass is 35.5. The Labute approximate surface area is 121 Å². The van der Waals surface area contributed by atoms with Gasteiger partial charge >= 0.3 is 0 Å². The van der Waals surface area contributed by atoms with Gasteiger partial charge < -0.3 is 4.57 Å². The number of imidazole rings is 1. The molecule has 1 aliphatic heterocycles. The number of sulfone groups is 1. The molecule has 1 aromatic carbocycles. The van der Waals surface area contributed by atoms with E-state index in [1.807, 2.05) is 4.57 Å². The highest BCUT2D eigenvalue weighted by molar-refractivity contribution is 7.91. The van der Waals surface area contributed by atoms with Crippen LogP contribution in [0.4, 0.5) is 4.39 Å². The number of alkyl halides is 1. The van der Waals surface area contributed by atoms with Crippen molar-refractivity contribution in [1.82, 2.24) is 9.55 Å². The van der Waals surface area contributed by atoms with Crippen LogP contribution in [0.15, 0.2) is 18.2 Å². The number of hydrogen-bond acceptors (Lipinski definition) is 3. The third-order valence-corrected chi connectivity index (χ3v) is 5.56. The quantitative estimate of drug-likeness (QED) is 0.817. The van der Waals surface area contributed by atoms with Crippen LogP contribution in [0.5, 0.6) is 0 Å². The molecule has 0 spiro atoms. The van der Waals surface area contributed by atoms with Gasteiger partial charge in [0.1, 0.15) is 11.6 Å². The number of rotatable bonds is 3. The molecule has 108 valence electrons. The summed E-state index contributed by atoms with van der Waals surface area (Å²) in [7, 11) is -2.99. The number of aromatic nitrogens is 2. The minimum absolute atomic E-state index is 0.116. The van der Waals surface area contributed by atoms with Gasteiger partial charge in [-0.05, 0) is 18.6 Å². The molecule has 2 aromatic rings. The highest BCUT2D eigenvalue weighted by Gasteiger charge is 2.31. The van der Waals surface area contributed by atoms with Crippen molar-refractivity contribution in [2.45, 2.75) is 18.9 Å². The average Bonchev–Trinajstić information content (AvgIpc) is 2.89. The molecule has 0 N–H and O–H groups in total. The maximum Gasteiger partial charge on any atom is 0.152 e. The Bertz CT molecular complexity index is 757. The Morgan fingerprint density at radius 2 is 2.25 bits per heavy atom. The van der Waals surface area contributed by atoms with Crippen molar-refractivity contribution in [3.05, 3.63) is 29.8 Å². The monoisotopic (exact) mass is 316 g/mol. The zero-order valence-corrected chi connectivity index (χ0v) is 12.3. The fourth-order valence-corrected chi connectivity index (χ4v) is 4.64. The maximum absolute atomic E-state index is 13.3. The molecule has 0 saturated carbocycles.